The predicted molar refractivity (Wildman–Crippen MR) is 105 cm³/mol. The zero-order chi connectivity index (χ0) is 20.3. The third-order valence-corrected chi connectivity index (χ3v) is 4.68. The summed E-state index contributed by atoms with van der Waals surface area (Å²) >= 11 is 0. The van der Waals surface area contributed by atoms with E-state index in [2.05, 4.69) is 19.0 Å². The van der Waals surface area contributed by atoms with Gasteiger partial charge in [-0.15, -0.1) is 0 Å². The van der Waals surface area contributed by atoms with E-state index in [9.17, 15) is 4.79 Å². The Morgan fingerprint density at radius 3 is 2.29 bits per heavy atom. The highest BCUT2D eigenvalue weighted by Crippen LogP contribution is 2.41. The lowest BCUT2D eigenvalue weighted by Gasteiger charge is -2.23. The predicted octanol–water partition coefficient (Wildman–Crippen LogP) is 3.76. The Bertz CT molecular complexity index is 801. The number of nitrogens with zero attached hydrogens (tertiary/aromatic N) is 2. The molecular formula is C21H28N2O5. The number of hydrogen-bond acceptors (Lipinski definition) is 6. The fourth-order valence-corrected chi connectivity index (χ4v) is 3.20. The first-order valence-electron chi connectivity index (χ1n) is 9.51. The minimum atomic E-state index is 0.181. The molecule has 1 aliphatic rings. The molecule has 0 atom stereocenters. The number of benzene rings is 1. The van der Waals surface area contributed by atoms with E-state index in [0.717, 1.165) is 24.1 Å². The Morgan fingerprint density at radius 2 is 1.79 bits per heavy atom. The zero-order valence-corrected chi connectivity index (χ0v) is 17.2. The van der Waals surface area contributed by atoms with Gasteiger partial charge >= 0.3 is 0 Å². The molecule has 0 N–H and O–H groups in total. The van der Waals surface area contributed by atoms with E-state index < -0.39 is 0 Å². The Hall–Kier alpha value is -2.70. The van der Waals surface area contributed by atoms with E-state index in [1.165, 1.54) is 0 Å². The van der Waals surface area contributed by atoms with Crippen LogP contribution in [0, 0.1) is 11.8 Å². The van der Waals surface area contributed by atoms with Crippen LogP contribution >= 0.6 is 0 Å². The van der Waals surface area contributed by atoms with Crippen LogP contribution in [-0.2, 0) is 11.3 Å². The average molecular weight is 388 g/mol. The van der Waals surface area contributed by atoms with Gasteiger partial charge in [0, 0.05) is 24.1 Å². The first kappa shape index (κ1) is 20.0. The maximum atomic E-state index is 12.6. The number of hydrogen-bond donors (Lipinski definition) is 0. The van der Waals surface area contributed by atoms with Crippen LogP contribution in [0.3, 0.4) is 0 Å². The minimum absolute atomic E-state index is 0.181. The monoisotopic (exact) mass is 388 g/mol. The lowest BCUT2D eigenvalue weighted by atomic mass is 10.1. The van der Waals surface area contributed by atoms with Gasteiger partial charge in [0.15, 0.2) is 17.3 Å². The molecule has 0 radical (unpaired) electrons. The lowest BCUT2D eigenvalue weighted by Crippen LogP contribution is -2.34. The molecule has 0 spiro atoms. The molecule has 1 fully saturated rings. The SMILES string of the molecule is COc1cc(-c2cc(CN(CC(C)C)C(=O)C3CC3)no2)cc(OC)c1OC. The summed E-state index contributed by atoms with van der Waals surface area (Å²) in [5, 5.41) is 4.17. The minimum Gasteiger partial charge on any atom is -0.493 e. The Morgan fingerprint density at radius 1 is 1.14 bits per heavy atom. The van der Waals surface area contributed by atoms with Crippen LogP contribution in [0.5, 0.6) is 17.2 Å². The van der Waals surface area contributed by atoms with E-state index >= 15 is 0 Å². The van der Waals surface area contributed by atoms with Crippen molar-refractivity contribution in [2.24, 2.45) is 11.8 Å². The van der Waals surface area contributed by atoms with Crippen molar-refractivity contribution in [1.29, 1.82) is 0 Å². The molecule has 0 unspecified atom stereocenters. The number of carbonyl (C=O) groups is 1. The first-order chi connectivity index (χ1) is 13.5. The van der Waals surface area contributed by atoms with Crippen molar-refractivity contribution in [1.82, 2.24) is 10.1 Å². The molecule has 7 nitrogen and oxygen atoms in total. The van der Waals surface area contributed by atoms with Crippen molar-refractivity contribution in [3.63, 3.8) is 0 Å². The molecule has 1 saturated carbocycles. The molecule has 1 amide bonds. The number of methoxy groups -OCH3 is 3. The Kier molecular flexibility index (Phi) is 6.11. The molecule has 28 heavy (non-hydrogen) atoms. The highest BCUT2D eigenvalue weighted by molar-refractivity contribution is 5.81. The van der Waals surface area contributed by atoms with E-state index in [0.29, 0.717) is 42.0 Å². The maximum Gasteiger partial charge on any atom is 0.226 e. The van der Waals surface area contributed by atoms with Gasteiger partial charge in [-0.25, -0.2) is 0 Å². The van der Waals surface area contributed by atoms with Crippen LogP contribution in [0.25, 0.3) is 11.3 Å². The van der Waals surface area contributed by atoms with Gasteiger partial charge in [0.2, 0.25) is 11.7 Å². The molecule has 2 aromatic rings. The van der Waals surface area contributed by atoms with Crippen molar-refractivity contribution in [3.8, 4) is 28.6 Å². The number of carbonyl (C=O) groups excluding carboxylic acids is 1. The second kappa shape index (κ2) is 8.54. The van der Waals surface area contributed by atoms with Crippen molar-refractivity contribution in [3.05, 3.63) is 23.9 Å². The normalized spacial score (nSPS) is 13.5. The van der Waals surface area contributed by atoms with Gasteiger partial charge in [0.1, 0.15) is 5.69 Å². The Balaban J connectivity index is 1.83. The van der Waals surface area contributed by atoms with E-state index in [1.54, 1.807) is 21.3 Å². The third-order valence-electron chi connectivity index (χ3n) is 4.68. The molecular weight excluding hydrogens is 360 g/mol. The molecule has 1 aromatic heterocycles. The molecule has 152 valence electrons. The van der Waals surface area contributed by atoms with E-state index in [1.807, 2.05) is 23.1 Å². The van der Waals surface area contributed by atoms with Crippen LogP contribution in [0.15, 0.2) is 22.7 Å². The summed E-state index contributed by atoms with van der Waals surface area (Å²) in [7, 11) is 4.70. The van der Waals surface area contributed by atoms with Crippen molar-refractivity contribution in [2.75, 3.05) is 27.9 Å². The highest BCUT2D eigenvalue weighted by atomic mass is 16.5. The molecule has 0 bridgehead atoms. The number of aromatic nitrogens is 1. The molecule has 7 heteroatoms. The van der Waals surface area contributed by atoms with Crippen molar-refractivity contribution in [2.45, 2.75) is 33.2 Å². The van der Waals surface area contributed by atoms with Crippen LogP contribution < -0.4 is 14.2 Å². The van der Waals surface area contributed by atoms with Crippen LogP contribution in [0.4, 0.5) is 0 Å². The first-order valence-corrected chi connectivity index (χ1v) is 9.51. The van der Waals surface area contributed by atoms with E-state index in [-0.39, 0.29) is 11.8 Å². The molecule has 0 aliphatic heterocycles. The molecule has 1 heterocycles. The fourth-order valence-electron chi connectivity index (χ4n) is 3.20. The summed E-state index contributed by atoms with van der Waals surface area (Å²) in [6.07, 6.45) is 1.98. The second-order valence-electron chi connectivity index (χ2n) is 7.48. The number of ether oxygens (including phenoxy) is 3. The lowest BCUT2D eigenvalue weighted by molar-refractivity contribution is -0.133. The molecule has 0 saturated heterocycles. The summed E-state index contributed by atoms with van der Waals surface area (Å²) in [4.78, 5) is 14.5. The number of amides is 1. The van der Waals surface area contributed by atoms with Gasteiger partial charge in [-0.05, 0) is 30.9 Å². The van der Waals surface area contributed by atoms with Crippen molar-refractivity contribution < 1.29 is 23.5 Å². The van der Waals surface area contributed by atoms with Gasteiger partial charge in [-0.2, -0.15) is 0 Å². The highest BCUT2D eigenvalue weighted by Gasteiger charge is 2.34. The largest absolute Gasteiger partial charge is 0.493 e. The molecule has 1 aromatic carbocycles. The smallest absolute Gasteiger partial charge is 0.226 e. The second-order valence-corrected chi connectivity index (χ2v) is 7.48. The van der Waals surface area contributed by atoms with Gasteiger partial charge in [0.05, 0.1) is 27.9 Å². The summed E-state index contributed by atoms with van der Waals surface area (Å²) in [5.41, 5.74) is 1.48. The summed E-state index contributed by atoms with van der Waals surface area (Å²) in [6.45, 7) is 5.37. The molecule has 3 rings (SSSR count). The van der Waals surface area contributed by atoms with Gasteiger partial charge in [-0.3, -0.25) is 4.79 Å². The summed E-state index contributed by atoms with van der Waals surface area (Å²) in [5.74, 6) is 2.97. The van der Waals surface area contributed by atoms with Gasteiger partial charge in [0.25, 0.3) is 0 Å². The topological polar surface area (TPSA) is 74.0 Å². The standard InChI is InChI=1S/C21H28N2O5/c1-13(2)11-23(21(24)14-6-7-14)12-16-10-17(28-22-16)15-8-18(25-3)20(27-5)19(9-15)26-4/h8-10,13-14H,6-7,11-12H2,1-5H3. The van der Waals surface area contributed by atoms with Gasteiger partial charge < -0.3 is 23.6 Å². The summed E-state index contributed by atoms with van der Waals surface area (Å²) in [6, 6.07) is 5.48. The Labute approximate surface area is 165 Å². The van der Waals surface area contributed by atoms with Gasteiger partial charge in [-0.1, -0.05) is 19.0 Å². The number of rotatable bonds is 9. The van der Waals surface area contributed by atoms with Crippen LogP contribution in [-0.4, -0.2) is 43.8 Å². The average Bonchev–Trinajstić information content (AvgIpc) is 3.44. The summed E-state index contributed by atoms with van der Waals surface area (Å²) < 4.78 is 21.7. The maximum absolute atomic E-state index is 12.6. The van der Waals surface area contributed by atoms with Crippen LogP contribution in [0.2, 0.25) is 0 Å². The van der Waals surface area contributed by atoms with Crippen molar-refractivity contribution >= 4 is 5.91 Å². The zero-order valence-electron chi connectivity index (χ0n) is 17.2. The van der Waals surface area contributed by atoms with E-state index in [4.69, 9.17) is 18.7 Å². The fraction of sp³-hybridized carbons (Fsp3) is 0.524. The third kappa shape index (κ3) is 4.40. The molecule has 1 aliphatic carbocycles. The van der Waals surface area contributed by atoms with Crippen LogP contribution in [0.1, 0.15) is 32.4 Å². The quantitative estimate of drug-likeness (QED) is 0.651.